The fraction of sp³-hybridized carbons (Fsp3) is 0.235. The SMILES string of the molecule is COC(=O)c1c2ccc(CS)ccc-2c(C(=O)OC)c1NC(C)=O. The zero-order valence-electron chi connectivity index (χ0n) is 13.5. The van der Waals surface area contributed by atoms with E-state index in [1.807, 2.05) is 0 Å². The molecule has 0 aromatic carbocycles. The minimum absolute atomic E-state index is 0.0924. The third-order valence-electron chi connectivity index (χ3n) is 3.52. The molecular formula is C17H17NO5S. The summed E-state index contributed by atoms with van der Waals surface area (Å²) in [5, 5.41) is 2.55. The lowest BCUT2D eigenvalue weighted by Gasteiger charge is -2.06. The largest absolute Gasteiger partial charge is 0.465 e. The Hall–Kier alpha value is -2.54. The Kier molecular flexibility index (Phi) is 5.46. The summed E-state index contributed by atoms with van der Waals surface area (Å²) in [6.07, 6.45) is 0. The van der Waals surface area contributed by atoms with Crippen LogP contribution in [0.25, 0.3) is 11.1 Å². The highest BCUT2D eigenvalue weighted by Gasteiger charge is 2.32. The Balaban J connectivity index is 2.90. The number of carbonyl (C=O) groups excluding carboxylic acids is 3. The molecule has 2 rings (SSSR count). The van der Waals surface area contributed by atoms with Gasteiger partial charge in [0.1, 0.15) is 0 Å². The first-order valence-electron chi connectivity index (χ1n) is 7.08. The van der Waals surface area contributed by atoms with Gasteiger partial charge < -0.3 is 14.8 Å². The Labute approximate surface area is 144 Å². The van der Waals surface area contributed by atoms with E-state index in [-0.39, 0.29) is 16.8 Å². The summed E-state index contributed by atoms with van der Waals surface area (Å²) in [5.41, 5.74) is 2.20. The van der Waals surface area contributed by atoms with Gasteiger partial charge in [0.15, 0.2) is 0 Å². The second-order valence-corrected chi connectivity index (χ2v) is 5.33. The highest BCUT2D eigenvalue weighted by atomic mass is 32.1. The lowest BCUT2D eigenvalue weighted by atomic mass is 10.1. The number of carbonyl (C=O) groups is 3. The number of ether oxygens (including phenoxy) is 2. The first kappa shape index (κ1) is 17.8. The van der Waals surface area contributed by atoms with Gasteiger partial charge in [0.25, 0.3) is 0 Å². The Morgan fingerprint density at radius 1 is 0.958 bits per heavy atom. The topological polar surface area (TPSA) is 81.7 Å². The normalized spacial score (nSPS) is 10.3. The molecule has 0 saturated carbocycles. The lowest BCUT2D eigenvalue weighted by Crippen LogP contribution is -2.13. The number of hydrogen-bond acceptors (Lipinski definition) is 6. The van der Waals surface area contributed by atoms with Crippen molar-refractivity contribution >= 4 is 36.2 Å². The highest BCUT2D eigenvalue weighted by Crippen LogP contribution is 2.41. The molecule has 0 fully saturated rings. The van der Waals surface area contributed by atoms with Crippen molar-refractivity contribution in [1.82, 2.24) is 0 Å². The van der Waals surface area contributed by atoms with Crippen LogP contribution in [0.2, 0.25) is 0 Å². The van der Waals surface area contributed by atoms with Crippen molar-refractivity contribution in [2.45, 2.75) is 12.7 Å². The van der Waals surface area contributed by atoms with Crippen LogP contribution in [0.15, 0.2) is 24.3 Å². The van der Waals surface area contributed by atoms with Crippen molar-refractivity contribution in [1.29, 1.82) is 0 Å². The van der Waals surface area contributed by atoms with Gasteiger partial charge in [-0.15, -0.1) is 0 Å². The minimum atomic E-state index is -0.655. The van der Waals surface area contributed by atoms with Gasteiger partial charge in [-0.2, -0.15) is 12.6 Å². The molecule has 24 heavy (non-hydrogen) atoms. The number of anilines is 1. The number of nitrogens with one attached hydrogen (secondary N) is 1. The smallest absolute Gasteiger partial charge is 0.340 e. The predicted molar refractivity (Wildman–Crippen MR) is 92.7 cm³/mol. The van der Waals surface area contributed by atoms with Gasteiger partial charge >= 0.3 is 11.9 Å². The van der Waals surface area contributed by atoms with Crippen LogP contribution in [0.4, 0.5) is 5.69 Å². The highest BCUT2D eigenvalue weighted by molar-refractivity contribution is 7.79. The molecule has 0 aromatic heterocycles. The summed E-state index contributed by atoms with van der Waals surface area (Å²) in [6, 6.07) is 6.98. The summed E-state index contributed by atoms with van der Waals surface area (Å²) in [6.45, 7) is 1.29. The van der Waals surface area contributed by atoms with Crippen molar-refractivity contribution < 1.29 is 23.9 Å². The fourth-order valence-electron chi connectivity index (χ4n) is 2.48. The number of methoxy groups -OCH3 is 2. The van der Waals surface area contributed by atoms with E-state index in [1.165, 1.54) is 21.1 Å². The minimum Gasteiger partial charge on any atom is -0.465 e. The fourth-order valence-corrected chi connectivity index (χ4v) is 2.69. The molecule has 126 valence electrons. The van der Waals surface area contributed by atoms with E-state index in [1.54, 1.807) is 24.3 Å². The van der Waals surface area contributed by atoms with E-state index in [9.17, 15) is 14.4 Å². The van der Waals surface area contributed by atoms with Gasteiger partial charge in [-0.25, -0.2) is 9.59 Å². The molecular weight excluding hydrogens is 330 g/mol. The maximum absolute atomic E-state index is 12.3. The van der Waals surface area contributed by atoms with Gasteiger partial charge in [-0.1, -0.05) is 24.3 Å². The lowest BCUT2D eigenvalue weighted by molar-refractivity contribution is -0.114. The summed E-state index contributed by atoms with van der Waals surface area (Å²) < 4.78 is 9.65. The van der Waals surface area contributed by atoms with Crippen LogP contribution in [0.1, 0.15) is 33.2 Å². The zero-order chi connectivity index (χ0) is 17.9. The molecule has 0 bridgehead atoms. The van der Waals surface area contributed by atoms with Gasteiger partial charge in [0.05, 0.1) is 31.0 Å². The summed E-state index contributed by atoms with van der Waals surface area (Å²) >= 11 is 4.23. The summed E-state index contributed by atoms with van der Waals surface area (Å²) in [5.74, 6) is -1.23. The monoisotopic (exact) mass is 347 g/mol. The molecule has 1 amide bonds. The molecule has 2 aliphatic carbocycles. The zero-order valence-corrected chi connectivity index (χ0v) is 14.4. The molecule has 0 unspecified atom stereocenters. The van der Waals surface area contributed by atoms with Gasteiger partial charge in [0, 0.05) is 12.7 Å². The van der Waals surface area contributed by atoms with Crippen LogP contribution in [-0.4, -0.2) is 32.1 Å². The third-order valence-corrected chi connectivity index (χ3v) is 3.88. The molecule has 0 saturated heterocycles. The van der Waals surface area contributed by atoms with Crippen LogP contribution in [0.3, 0.4) is 0 Å². The van der Waals surface area contributed by atoms with Crippen molar-refractivity contribution in [2.24, 2.45) is 0 Å². The molecule has 6 nitrogen and oxygen atoms in total. The van der Waals surface area contributed by atoms with Crippen LogP contribution >= 0.6 is 12.6 Å². The van der Waals surface area contributed by atoms with Crippen LogP contribution < -0.4 is 5.32 Å². The average molecular weight is 347 g/mol. The number of hydrogen-bond donors (Lipinski definition) is 2. The summed E-state index contributed by atoms with van der Waals surface area (Å²) in [4.78, 5) is 36.1. The number of fused-ring (bicyclic) bond motifs is 1. The maximum atomic E-state index is 12.3. The first-order valence-corrected chi connectivity index (χ1v) is 7.71. The Bertz CT molecular complexity index is 733. The number of amides is 1. The molecule has 0 spiro atoms. The molecule has 0 atom stereocenters. The molecule has 1 N–H and O–H groups in total. The first-order chi connectivity index (χ1) is 11.4. The van der Waals surface area contributed by atoms with Gasteiger partial charge in [-0.05, 0) is 16.7 Å². The van der Waals surface area contributed by atoms with E-state index in [0.717, 1.165) is 5.56 Å². The van der Waals surface area contributed by atoms with Gasteiger partial charge in [0.2, 0.25) is 5.91 Å². The van der Waals surface area contributed by atoms with Crippen LogP contribution in [0.5, 0.6) is 0 Å². The van der Waals surface area contributed by atoms with E-state index in [4.69, 9.17) is 9.47 Å². The van der Waals surface area contributed by atoms with E-state index in [2.05, 4.69) is 17.9 Å². The molecule has 0 radical (unpaired) electrons. The quantitative estimate of drug-likeness (QED) is 0.656. The van der Waals surface area contributed by atoms with Crippen molar-refractivity contribution in [3.63, 3.8) is 0 Å². The second kappa shape index (κ2) is 7.35. The molecule has 2 aliphatic rings. The van der Waals surface area contributed by atoms with E-state index in [0.29, 0.717) is 16.9 Å². The van der Waals surface area contributed by atoms with E-state index >= 15 is 0 Å². The van der Waals surface area contributed by atoms with E-state index < -0.39 is 17.8 Å². The molecule has 0 aliphatic heterocycles. The summed E-state index contributed by atoms with van der Waals surface area (Å²) in [7, 11) is 2.47. The number of esters is 2. The average Bonchev–Trinajstić information content (AvgIpc) is 2.71. The Morgan fingerprint density at radius 2 is 1.42 bits per heavy atom. The Morgan fingerprint density at radius 3 is 1.75 bits per heavy atom. The van der Waals surface area contributed by atoms with Crippen LogP contribution in [-0.2, 0) is 20.0 Å². The number of thiol groups is 1. The molecule has 7 heteroatoms. The molecule has 0 aromatic rings. The van der Waals surface area contributed by atoms with Crippen molar-refractivity contribution in [3.05, 3.63) is 41.0 Å². The number of rotatable bonds is 4. The second-order valence-electron chi connectivity index (χ2n) is 5.02. The molecule has 0 heterocycles. The third kappa shape index (κ3) is 3.21. The van der Waals surface area contributed by atoms with Crippen molar-refractivity contribution in [3.8, 4) is 11.1 Å². The maximum Gasteiger partial charge on any atom is 0.340 e. The van der Waals surface area contributed by atoms with Crippen molar-refractivity contribution in [2.75, 3.05) is 19.5 Å². The van der Waals surface area contributed by atoms with Gasteiger partial charge in [-0.3, -0.25) is 4.79 Å². The van der Waals surface area contributed by atoms with Crippen LogP contribution in [0, 0.1) is 0 Å². The predicted octanol–water partition coefficient (Wildman–Crippen LogP) is 2.75. The standard InChI is InChI=1S/C17H17NO5S/c1-9(19)18-15-13(16(20)22-2)11-6-4-10(8-24)5-7-12(11)14(15)17(21)23-3/h4-7,24H,8H2,1-3H3,(H,18,19).